The molecule has 5 nitrogen and oxygen atoms in total. The molecule has 0 spiro atoms. The highest BCUT2D eigenvalue weighted by atomic mass is 19.2. The molecule has 1 heterocycles. The molecular formula is C16H21F3N2O3. The Bertz CT molecular complexity index is 555. The second-order valence-corrected chi connectivity index (χ2v) is 6.01. The van der Waals surface area contributed by atoms with Gasteiger partial charge < -0.3 is 20.5 Å². The van der Waals surface area contributed by atoms with Crippen LogP contribution in [0.1, 0.15) is 18.4 Å². The van der Waals surface area contributed by atoms with Gasteiger partial charge in [0.2, 0.25) is 0 Å². The summed E-state index contributed by atoms with van der Waals surface area (Å²) in [7, 11) is 0. The van der Waals surface area contributed by atoms with E-state index in [1.807, 2.05) is 0 Å². The van der Waals surface area contributed by atoms with Gasteiger partial charge in [-0.2, -0.15) is 0 Å². The van der Waals surface area contributed by atoms with E-state index in [0.717, 1.165) is 18.6 Å². The number of carbonyl (C=O) groups excluding carboxylic acids is 1. The van der Waals surface area contributed by atoms with Crippen molar-refractivity contribution in [2.45, 2.75) is 19.3 Å². The zero-order valence-corrected chi connectivity index (χ0v) is 13.2. The predicted octanol–water partition coefficient (Wildman–Crippen LogP) is 1.73. The van der Waals surface area contributed by atoms with Crippen molar-refractivity contribution in [1.82, 2.24) is 10.6 Å². The molecule has 0 saturated carbocycles. The van der Waals surface area contributed by atoms with Crippen LogP contribution in [0.3, 0.4) is 0 Å². The van der Waals surface area contributed by atoms with Crippen molar-refractivity contribution in [3.8, 4) is 0 Å². The Labute approximate surface area is 138 Å². The normalized spacial score (nSPS) is 20.2. The highest BCUT2D eigenvalue weighted by Gasteiger charge is 2.34. The van der Waals surface area contributed by atoms with Gasteiger partial charge in [-0.3, -0.25) is 0 Å². The molecule has 0 aliphatic carbocycles. The summed E-state index contributed by atoms with van der Waals surface area (Å²) in [6.45, 7) is 1.64. The maximum atomic E-state index is 13.1. The van der Waals surface area contributed by atoms with Gasteiger partial charge in [0.15, 0.2) is 17.5 Å². The molecule has 1 aliphatic heterocycles. The van der Waals surface area contributed by atoms with Crippen LogP contribution in [0.2, 0.25) is 0 Å². The lowest BCUT2D eigenvalue weighted by Crippen LogP contribution is -2.44. The third-order valence-corrected chi connectivity index (χ3v) is 4.19. The summed E-state index contributed by atoms with van der Waals surface area (Å²) in [5.74, 6) is -4.00. The first-order chi connectivity index (χ1) is 11.5. The average Bonchev–Trinajstić information content (AvgIpc) is 3.00. The second kappa shape index (κ2) is 8.34. The Kier molecular flexibility index (Phi) is 6.44. The number of benzene rings is 1. The van der Waals surface area contributed by atoms with Crippen LogP contribution in [-0.2, 0) is 11.2 Å². The van der Waals surface area contributed by atoms with E-state index in [-0.39, 0.29) is 30.6 Å². The standard InChI is InChI=1S/C16H21F3N2O3/c17-12-7-11(8-13(18)14(12)19)1-4-20-15(23)21-9-16(2-5-22)3-6-24-10-16/h7-8,22H,1-6,9-10H2,(H2,20,21,23). The van der Waals surface area contributed by atoms with Gasteiger partial charge >= 0.3 is 6.03 Å². The summed E-state index contributed by atoms with van der Waals surface area (Å²) in [6, 6.07) is 1.40. The molecular weight excluding hydrogens is 325 g/mol. The van der Waals surface area contributed by atoms with Crippen LogP contribution < -0.4 is 10.6 Å². The van der Waals surface area contributed by atoms with Gasteiger partial charge in [0, 0.05) is 31.7 Å². The molecule has 8 heteroatoms. The van der Waals surface area contributed by atoms with Crippen molar-refractivity contribution >= 4 is 6.03 Å². The Hall–Kier alpha value is -1.80. The molecule has 0 aromatic heterocycles. The van der Waals surface area contributed by atoms with Crippen molar-refractivity contribution in [3.63, 3.8) is 0 Å². The third-order valence-electron chi connectivity index (χ3n) is 4.19. The number of amides is 2. The van der Waals surface area contributed by atoms with Gasteiger partial charge in [0.25, 0.3) is 0 Å². The van der Waals surface area contributed by atoms with Crippen molar-refractivity contribution in [1.29, 1.82) is 0 Å². The summed E-state index contributed by atoms with van der Waals surface area (Å²) in [5, 5.41) is 14.4. The van der Waals surface area contributed by atoms with Gasteiger partial charge in [0.05, 0.1) is 6.61 Å². The number of carbonyl (C=O) groups is 1. The molecule has 134 valence electrons. The quantitative estimate of drug-likeness (QED) is 0.659. The first kappa shape index (κ1) is 18.5. The predicted molar refractivity (Wildman–Crippen MR) is 81.0 cm³/mol. The third kappa shape index (κ3) is 4.85. The molecule has 3 N–H and O–H groups in total. The summed E-state index contributed by atoms with van der Waals surface area (Å²) in [4.78, 5) is 11.8. The number of urea groups is 1. The lowest BCUT2D eigenvalue weighted by molar-refractivity contribution is 0.125. The van der Waals surface area contributed by atoms with Crippen LogP contribution in [0, 0.1) is 22.9 Å². The van der Waals surface area contributed by atoms with Gasteiger partial charge in [-0.25, -0.2) is 18.0 Å². The minimum atomic E-state index is -1.50. The van der Waals surface area contributed by atoms with E-state index >= 15 is 0 Å². The van der Waals surface area contributed by atoms with E-state index in [4.69, 9.17) is 9.84 Å². The smallest absolute Gasteiger partial charge is 0.314 e. The van der Waals surface area contributed by atoms with Crippen LogP contribution in [0.15, 0.2) is 12.1 Å². The highest BCUT2D eigenvalue weighted by molar-refractivity contribution is 5.73. The molecule has 1 unspecified atom stereocenters. The monoisotopic (exact) mass is 346 g/mol. The Morgan fingerprint density at radius 3 is 2.54 bits per heavy atom. The molecule has 1 aromatic carbocycles. The molecule has 0 bridgehead atoms. The van der Waals surface area contributed by atoms with Crippen molar-refractivity contribution in [2.24, 2.45) is 5.41 Å². The summed E-state index contributed by atoms with van der Waals surface area (Å²) in [6.07, 6.45) is 1.48. The zero-order valence-electron chi connectivity index (χ0n) is 13.2. The minimum Gasteiger partial charge on any atom is -0.396 e. The van der Waals surface area contributed by atoms with Gasteiger partial charge in [-0.05, 0) is 37.0 Å². The molecule has 1 fully saturated rings. The van der Waals surface area contributed by atoms with E-state index in [2.05, 4.69) is 10.6 Å². The maximum Gasteiger partial charge on any atom is 0.314 e. The SMILES string of the molecule is O=C(NCCc1cc(F)c(F)c(F)c1)NCC1(CCO)CCOC1. The average molecular weight is 346 g/mol. The maximum absolute atomic E-state index is 13.1. The van der Waals surface area contributed by atoms with E-state index in [1.165, 1.54) is 0 Å². The first-order valence-corrected chi connectivity index (χ1v) is 7.79. The van der Waals surface area contributed by atoms with Crippen LogP contribution in [0.4, 0.5) is 18.0 Å². The van der Waals surface area contributed by atoms with E-state index in [9.17, 15) is 18.0 Å². The molecule has 1 aliphatic rings. The zero-order chi connectivity index (χ0) is 17.6. The molecule has 24 heavy (non-hydrogen) atoms. The fraction of sp³-hybridized carbons (Fsp3) is 0.562. The van der Waals surface area contributed by atoms with Crippen LogP contribution in [-0.4, -0.2) is 44.0 Å². The summed E-state index contributed by atoms with van der Waals surface area (Å²) >= 11 is 0. The number of aliphatic hydroxyl groups is 1. The molecule has 2 rings (SSSR count). The lowest BCUT2D eigenvalue weighted by atomic mass is 9.84. The molecule has 1 saturated heterocycles. The molecule has 0 radical (unpaired) electrons. The van der Waals surface area contributed by atoms with Crippen LogP contribution in [0.5, 0.6) is 0 Å². The topological polar surface area (TPSA) is 70.6 Å². The van der Waals surface area contributed by atoms with Gasteiger partial charge in [-0.15, -0.1) is 0 Å². The Morgan fingerprint density at radius 2 is 1.96 bits per heavy atom. The summed E-state index contributed by atoms with van der Waals surface area (Å²) < 4.78 is 44.4. The number of aliphatic hydroxyl groups excluding tert-OH is 1. The van der Waals surface area contributed by atoms with Crippen molar-refractivity contribution in [3.05, 3.63) is 35.1 Å². The lowest BCUT2D eigenvalue weighted by Gasteiger charge is -2.26. The molecule has 1 atom stereocenters. The molecule has 2 amide bonds. The Balaban J connectivity index is 1.75. The van der Waals surface area contributed by atoms with Gasteiger partial charge in [-0.1, -0.05) is 0 Å². The fourth-order valence-electron chi connectivity index (χ4n) is 2.71. The van der Waals surface area contributed by atoms with Crippen molar-refractivity contribution < 1.29 is 27.8 Å². The number of hydrogen-bond donors (Lipinski definition) is 3. The number of ether oxygens (including phenoxy) is 1. The highest BCUT2D eigenvalue weighted by Crippen LogP contribution is 2.31. The van der Waals surface area contributed by atoms with E-state index in [0.29, 0.717) is 26.2 Å². The number of halogens is 3. The van der Waals surface area contributed by atoms with Gasteiger partial charge in [0.1, 0.15) is 0 Å². The fourth-order valence-corrected chi connectivity index (χ4v) is 2.71. The van der Waals surface area contributed by atoms with Crippen molar-refractivity contribution in [2.75, 3.05) is 32.9 Å². The number of hydrogen-bond acceptors (Lipinski definition) is 3. The van der Waals surface area contributed by atoms with E-state index < -0.39 is 23.5 Å². The van der Waals surface area contributed by atoms with E-state index in [1.54, 1.807) is 0 Å². The number of rotatable bonds is 7. The minimum absolute atomic E-state index is 0.0222. The summed E-state index contributed by atoms with van der Waals surface area (Å²) in [5.41, 5.74) is 0.00242. The first-order valence-electron chi connectivity index (χ1n) is 7.79. The van der Waals surface area contributed by atoms with Crippen LogP contribution >= 0.6 is 0 Å². The molecule has 1 aromatic rings. The largest absolute Gasteiger partial charge is 0.396 e. The second-order valence-electron chi connectivity index (χ2n) is 6.01. The Morgan fingerprint density at radius 1 is 1.25 bits per heavy atom. The van der Waals surface area contributed by atoms with Crippen LogP contribution in [0.25, 0.3) is 0 Å². The number of nitrogens with one attached hydrogen (secondary N) is 2.